The van der Waals surface area contributed by atoms with Crippen LogP contribution in [0.15, 0.2) is 59.5 Å². The molecule has 1 N–H and O–H groups in total. The minimum atomic E-state index is -4.32. The first kappa shape index (κ1) is 34.0. The lowest BCUT2D eigenvalue weighted by Gasteiger charge is -2.33. The number of anilines is 1. The van der Waals surface area contributed by atoms with Gasteiger partial charge in [-0.1, -0.05) is 42.3 Å². The monoisotopic (exact) mass is 649 g/mol. The predicted octanol–water partition coefficient (Wildman–Crippen LogP) is 5.77. The molecule has 0 fully saturated rings. The minimum Gasteiger partial charge on any atom is -0.493 e. The van der Waals surface area contributed by atoms with Crippen LogP contribution in [0.25, 0.3) is 0 Å². The van der Waals surface area contributed by atoms with E-state index in [1.165, 1.54) is 37.3 Å². The van der Waals surface area contributed by atoms with Crippen LogP contribution in [-0.4, -0.2) is 58.5 Å². The van der Waals surface area contributed by atoms with E-state index in [0.29, 0.717) is 33.6 Å². The number of sulfonamides is 1. The van der Waals surface area contributed by atoms with Gasteiger partial charge in [-0.15, -0.1) is 0 Å². The number of aryl methyl sites for hydroxylation is 2. The quantitative estimate of drug-likeness (QED) is 0.252. The van der Waals surface area contributed by atoms with Gasteiger partial charge in [0.1, 0.15) is 12.6 Å². The molecule has 1 atom stereocenters. The van der Waals surface area contributed by atoms with Gasteiger partial charge in [-0.25, -0.2) is 8.42 Å². The highest BCUT2D eigenvalue weighted by Crippen LogP contribution is 2.33. The molecule has 0 saturated heterocycles. The predicted molar refractivity (Wildman–Crippen MR) is 170 cm³/mol. The molecule has 232 valence electrons. The molecule has 0 bridgehead atoms. The fourth-order valence-electron chi connectivity index (χ4n) is 4.77. The van der Waals surface area contributed by atoms with Crippen molar-refractivity contribution in [3.05, 3.63) is 81.3 Å². The van der Waals surface area contributed by atoms with E-state index in [2.05, 4.69) is 5.32 Å². The summed E-state index contributed by atoms with van der Waals surface area (Å²) < 4.78 is 40.2. The Balaban J connectivity index is 2.15. The lowest BCUT2D eigenvalue weighted by atomic mass is 10.1. The largest absolute Gasteiger partial charge is 0.493 e. The Kier molecular flexibility index (Phi) is 11.7. The van der Waals surface area contributed by atoms with E-state index in [1.54, 1.807) is 44.2 Å². The zero-order chi connectivity index (χ0) is 31.9. The average Bonchev–Trinajstić information content (AvgIpc) is 2.95. The molecule has 43 heavy (non-hydrogen) atoms. The Morgan fingerprint density at radius 1 is 0.907 bits per heavy atom. The standard InChI is InChI=1S/C31H37Cl2N3O6S/c1-7-27(31(38)34-8-2)35(18-22-9-10-23(32)16-26(22)33)30(37)19-36(24-14-20(3)13-21(4)15-24)43(39,40)25-11-12-28(41-5)29(17-25)42-6/h9-17,27H,7-8,18-19H2,1-6H3,(H,34,38)/t27-/m0/s1. The second-order valence-electron chi connectivity index (χ2n) is 9.95. The van der Waals surface area contributed by atoms with Crippen molar-refractivity contribution in [3.63, 3.8) is 0 Å². The van der Waals surface area contributed by atoms with E-state index >= 15 is 0 Å². The van der Waals surface area contributed by atoms with E-state index in [4.69, 9.17) is 32.7 Å². The lowest BCUT2D eigenvalue weighted by molar-refractivity contribution is -0.140. The van der Waals surface area contributed by atoms with Gasteiger partial charge < -0.3 is 19.7 Å². The summed E-state index contributed by atoms with van der Waals surface area (Å²) in [5, 5.41) is 3.52. The second-order valence-corrected chi connectivity index (χ2v) is 12.7. The summed E-state index contributed by atoms with van der Waals surface area (Å²) >= 11 is 12.5. The number of amides is 2. The first-order valence-electron chi connectivity index (χ1n) is 13.7. The van der Waals surface area contributed by atoms with Gasteiger partial charge in [0.2, 0.25) is 11.8 Å². The molecule has 0 aromatic heterocycles. The molecule has 2 amide bonds. The van der Waals surface area contributed by atoms with Crippen molar-refractivity contribution in [1.82, 2.24) is 10.2 Å². The number of ether oxygens (including phenoxy) is 2. The van der Waals surface area contributed by atoms with Gasteiger partial charge in [0.25, 0.3) is 10.0 Å². The number of halogens is 2. The van der Waals surface area contributed by atoms with E-state index in [-0.39, 0.29) is 29.5 Å². The molecule has 3 aromatic carbocycles. The number of nitrogens with zero attached hydrogens (tertiary/aromatic N) is 2. The number of carbonyl (C=O) groups is 2. The van der Waals surface area contributed by atoms with E-state index in [0.717, 1.165) is 15.4 Å². The third-order valence-corrected chi connectivity index (χ3v) is 9.17. The highest BCUT2D eigenvalue weighted by molar-refractivity contribution is 7.92. The average molecular weight is 651 g/mol. The van der Waals surface area contributed by atoms with Crippen molar-refractivity contribution in [2.24, 2.45) is 0 Å². The fourth-order valence-corrected chi connectivity index (χ4v) is 6.65. The molecular formula is C31H37Cl2N3O6S. The maximum atomic E-state index is 14.3. The van der Waals surface area contributed by atoms with Crippen LogP contribution in [0, 0.1) is 13.8 Å². The summed E-state index contributed by atoms with van der Waals surface area (Å²) in [5.74, 6) is -0.373. The number of hydrogen-bond donors (Lipinski definition) is 1. The van der Waals surface area contributed by atoms with Crippen LogP contribution in [0.4, 0.5) is 5.69 Å². The topological polar surface area (TPSA) is 105 Å². The number of benzene rings is 3. The van der Waals surface area contributed by atoms with Gasteiger partial charge in [0.05, 0.1) is 24.8 Å². The highest BCUT2D eigenvalue weighted by atomic mass is 35.5. The molecule has 3 rings (SSSR count). The molecular weight excluding hydrogens is 613 g/mol. The molecule has 0 radical (unpaired) electrons. The molecule has 0 saturated carbocycles. The summed E-state index contributed by atoms with van der Waals surface area (Å²) in [5.41, 5.74) is 2.49. The van der Waals surface area contributed by atoms with Crippen LogP contribution in [0.5, 0.6) is 11.5 Å². The smallest absolute Gasteiger partial charge is 0.264 e. The summed E-state index contributed by atoms with van der Waals surface area (Å²) in [6.45, 7) is 6.99. The SMILES string of the molecule is CCNC(=O)[C@H](CC)N(Cc1ccc(Cl)cc1Cl)C(=O)CN(c1cc(C)cc(C)c1)S(=O)(=O)c1ccc(OC)c(OC)c1. The summed E-state index contributed by atoms with van der Waals surface area (Å²) in [7, 11) is -1.46. The number of methoxy groups -OCH3 is 2. The molecule has 0 unspecified atom stereocenters. The molecule has 0 aliphatic heterocycles. The van der Waals surface area contributed by atoms with Crippen LogP contribution in [0.2, 0.25) is 10.0 Å². The van der Waals surface area contributed by atoms with Crippen molar-refractivity contribution in [2.75, 3.05) is 31.6 Å². The van der Waals surface area contributed by atoms with Gasteiger partial charge in [0.15, 0.2) is 11.5 Å². The Labute approximate surface area is 263 Å². The molecule has 0 spiro atoms. The maximum absolute atomic E-state index is 14.3. The zero-order valence-corrected chi connectivity index (χ0v) is 27.4. The van der Waals surface area contributed by atoms with Crippen LogP contribution in [0.3, 0.4) is 0 Å². The van der Waals surface area contributed by atoms with Crippen LogP contribution >= 0.6 is 23.2 Å². The van der Waals surface area contributed by atoms with Gasteiger partial charge in [-0.3, -0.25) is 13.9 Å². The first-order valence-corrected chi connectivity index (χ1v) is 15.9. The number of carbonyl (C=O) groups excluding carboxylic acids is 2. The van der Waals surface area contributed by atoms with E-state index < -0.39 is 28.5 Å². The molecule has 0 aliphatic rings. The molecule has 9 nitrogen and oxygen atoms in total. The summed E-state index contributed by atoms with van der Waals surface area (Å²) in [6, 6.07) is 13.5. The van der Waals surface area contributed by atoms with Crippen molar-refractivity contribution in [3.8, 4) is 11.5 Å². The van der Waals surface area contributed by atoms with Crippen LogP contribution in [-0.2, 0) is 26.2 Å². The number of nitrogens with one attached hydrogen (secondary N) is 1. The summed E-state index contributed by atoms with van der Waals surface area (Å²) in [4.78, 5) is 28.6. The van der Waals surface area contributed by atoms with Crippen molar-refractivity contribution >= 4 is 50.7 Å². The summed E-state index contributed by atoms with van der Waals surface area (Å²) in [6.07, 6.45) is 0.286. The fraction of sp³-hybridized carbons (Fsp3) is 0.355. The molecule has 12 heteroatoms. The lowest BCUT2D eigenvalue weighted by Crippen LogP contribution is -2.52. The Morgan fingerprint density at radius 3 is 2.12 bits per heavy atom. The third kappa shape index (κ3) is 8.13. The van der Waals surface area contributed by atoms with Gasteiger partial charge in [-0.2, -0.15) is 0 Å². The Hall–Kier alpha value is -3.47. The van der Waals surface area contributed by atoms with E-state index in [1.807, 2.05) is 19.9 Å². The zero-order valence-electron chi connectivity index (χ0n) is 25.1. The van der Waals surface area contributed by atoms with E-state index in [9.17, 15) is 18.0 Å². The Morgan fingerprint density at radius 2 is 1.56 bits per heavy atom. The highest BCUT2D eigenvalue weighted by Gasteiger charge is 2.34. The molecule has 0 heterocycles. The molecule has 3 aromatic rings. The first-order chi connectivity index (χ1) is 20.4. The number of rotatable bonds is 13. The van der Waals surface area contributed by atoms with Crippen LogP contribution in [0.1, 0.15) is 37.0 Å². The normalized spacial score (nSPS) is 11.9. The third-order valence-electron chi connectivity index (χ3n) is 6.81. The molecule has 0 aliphatic carbocycles. The number of likely N-dealkylation sites (N-methyl/N-ethyl adjacent to an activating group) is 1. The number of hydrogen-bond acceptors (Lipinski definition) is 6. The Bertz CT molecular complexity index is 1560. The second kappa shape index (κ2) is 14.8. The van der Waals surface area contributed by atoms with Gasteiger partial charge in [-0.05, 0) is 80.3 Å². The maximum Gasteiger partial charge on any atom is 0.264 e. The minimum absolute atomic E-state index is 0.0401. The van der Waals surface area contributed by atoms with Crippen molar-refractivity contribution < 1.29 is 27.5 Å². The van der Waals surface area contributed by atoms with Gasteiger partial charge in [0, 0.05) is 29.2 Å². The van der Waals surface area contributed by atoms with Crippen molar-refractivity contribution in [2.45, 2.75) is 51.6 Å². The van der Waals surface area contributed by atoms with Crippen molar-refractivity contribution in [1.29, 1.82) is 0 Å². The van der Waals surface area contributed by atoms with Crippen LogP contribution < -0.4 is 19.1 Å². The van der Waals surface area contributed by atoms with Gasteiger partial charge >= 0.3 is 0 Å².